The Kier molecular flexibility index (Phi) is 11.5. The van der Waals surface area contributed by atoms with Gasteiger partial charge in [-0.1, -0.05) is 116 Å². The summed E-state index contributed by atoms with van der Waals surface area (Å²) in [4.78, 5) is 17.0. The Bertz CT molecular complexity index is 917. The summed E-state index contributed by atoms with van der Waals surface area (Å²) in [5.41, 5.74) is 1.92. The van der Waals surface area contributed by atoms with Gasteiger partial charge >= 0.3 is 0 Å². The first-order chi connectivity index (χ1) is 17.0. The molecule has 3 rings (SSSR count). The molecule has 1 atom stereocenters. The molecule has 0 fully saturated rings. The molecule has 1 aliphatic carbocycles. The van der Waals surface area contributed by atoms with E-state index in [1.54, 1.807) is 12.1 Å². The first-order valence-corrected chi connectivity index (χ1v) is 17.1. The molecule has 35 heavy (non-hydrogen) atoms. The normalized spacial score (nSPS) is 18.7. The lowest BCUT2D eigenvalue weighted by molar-refractivity contribution is -0.110. The van der Waals surface area contributed by atoms with E-state index in [9.17, 15) is 9.90 Å². The van der Waals surface area contributed by atoms with Crippen LogP contribution in [0.4, 0.5) is 5.69 Å². The van der Waals surface area contributed by atoms with Gasteiger partial charge in [0.05, 0.1) is 11.4 Å². The maximum atomic E-state index is 12.2. The molecule has 3 nitrogen and oxygen atoms in total. The summed E-state index contributed by atoms with van der Waals surface area (Å²) in [6.07, 6.45) is 27.3. The number of unbranched alkanes of at least 4 members (excludes halogenated alkanes) is 15. The average molecular weight is 494 g/mol. The van der Waals surface area contributed by atoms with Crippen LogP contribution in [-0.4, -0.2) is 24.7 Å². The number of rotatable bonds is 17. The second-order valence-electron chi connectivity index (χ2n) is 10.9. The average Bonchev–Trinajstić information content (AvgIpc) is 2.85. The molecule has 0 bridgehead atoms. The van der Waals surface area contributed by atoms with Gasteiger partial charge in [-0.05, 0) is 52.9 Å². The van der Waals surface area contributed by atoms with Crippen LogP contribution in [0.2, 0.25) is 12.6 Å². The van der Waals surface area contributed by atoms with Crippen molar-refractivity contribution in [1.29, 1.82) is 0 Å². The second kappa shape index (κ2) is 14.6. The molecule has 0 saturated carbocycles. The van der Waals surface area contributed by atoms with Gasteiger partial charge in [-0.15, -0.1) is 0 Å². The van der Waals surface area contributed by atoms with E-state index in [0.717, 1.165) is 22.6 Å². The Morgan fingerprint density at radius 3 is 1.89 bits per heavy atom. The predicted octanol–water partition coefficient (Wildman–Crippen LogP) is 8.63. The highest BCUT2D eigenvalue weighted by molar-refractivity contribution is 7.02. The maximum Gasteiger partial charge on any atom is 0.178 e. The van der Waals surface area contributed by atoms with Crippen LogP contribution in [-0.2, 0) is 4.79 Å². The van der Waals surface area contributed by atoms with E-state index in [-0.39, 0.29) is 5.78 Å². The molecule has 1 aromatic rings. The van der Waals surface area contributed by atoms with Crippen LogP contribution in [0.3, 0.4) is 0 Å². The van der Waals surface area contributed by atoms with E-state index < -0.39 is 8.07 Å². The van der Waals surface area contributed by atoms with Gasteiger partial charge in [0.15, 0.2) is 5.78 Å². The summed E-state index contributed by atoms with van der Waals surface area (Å²) in [5.74, 6) is 0.361. The fourth-order valence-corrected chi connectivity index (χ4v) is 9.81. The molecule has 0 saturated heterocycles. The molecular formula is C31H47NO2Si. The fraction of sp³-hybridized carbons (Fsp3) is 0.613. The van der Waals surface area contributed by atoms with Crippen LogP contribution in [0, 0.1) is 0 Å². The lowest BCUT2D eigenvalue weighted by atomic mass is 10.0. The number of carbonyl (C=O) groups excluding carboxylic acids is 1. The van der Waals surface area contributed by atoms with E-state index in [2.05, 4.69) is 13.5 Å². The van der Waals surface area contributed by atoms with E-state index >= 15 is 0 Å². The topological polar surface area (TPSA) is 49.7 Å². The van der Waals surface area contributed by atoms with Gasteiger partial charge in [0.1, 0.15) is 13.8 Å². The fourth-order valence-electron chi connectivity index (χ4n) is 5.69. The monoisotopic (exact) mass is 493 g/mol. The Hall–Kier alpha value is -1.94. The van der Waals surface area contributed by atoms with Crippen molar-refractivity contribution in [1.82, 2.24) is 0 Å². The van der Waals surface area contributed by atoms with Crippen LogP contribution in [0.5, 0.6) is 5.75 Å². The Morgan fingerprint density at radius 2 is 1.31 bits per heavy atom. The third kappa shape index (κ3) is 8.30. The van der Waals surface area contributed by atoms with Crippen molar-refractivity contribution < 1.29 is 9.90 Å². The highest BCUT2D eigenvalue weighted by Crippen LogP contribution is 2.35. The van der Waals surface area contributed by atoms with Gasteiger partial charge in [-0.3, -0.25) is 4.79 Å². The summed E-state index contributed by atoms with van der Waals surface area (Å²) in [7, 11) is -2.10. The van der Waals surface area contributed by atoms with Gasteiger partial charge in [0.2, 0.25) is 0 Å². The van der Waals surface area contributed by atoms with Crippen LogP contribution in [0.15, 0.2) is 46.6 Å². The largest absolute Gasteiger partial charge is 0.508 e. The Morgan fingerprint density at radius 1 is 0.771 bits per heavy atom. The number of allylic oxidation sites excluding steroid dienone is 4. The number of hydrogen-bond donors (Lipinski definition) is 1. The van der Waals surface area contributed by atoms with Crippen molar-refractivity contribution in [2.75, 3.05) is 0 Å². The molecule has 1 unspecified atom stereocenters. The van der Waals surface area contributed by atoms with Crippen molar-refractivity contribution in [2.24, 2.45) is 4.99 Å². The van der Waals surface area contributed by atoms with Crippen molar-refractivity contribution in [3.05, 3.63) is 41.6 Å². The Labute approximate surface area is 214 Å². The van der Waals surface area contributed by atoms with Gasteiger partial charge in [0, 0.05) is 0 Å². The molecule has 192 valence electrons. The molecule has 4 heteroatoms. The number of hydrogen-bond acceptors (Lipinski definition) is 3. The SMILES string of the molecule is CCCCCCCCCCCCCCCCCC[Si]1(C)C2=CC(=O)C=CC2=Nc2ccc(O)cc21. The zero-order chi connectivity index (χ0) is 24.9. The maximum absolute atomic E-state index is 12.2. The highest BCUT2D eigenvalue weighted by atomic mass is 28.3. The standard InChI is InChI=1S/C31H47NO2Si/c1-3-4-5-6-7-8-9-10-11-12-13-14-15-16-17-18-23-35(2)30-24-26(33)19-21-28(30)32-29-22-20-27(34)25-31(29)35/h19-22,24-25,33H,3-18,23H2,1-2H3. The van der Waals surface area contributed by atoms with Crippen molar-refractivity contribution >= 4 is 30.4 Å². The summed E-state index contributed by atoms with van der Waals surface area (Å²) < 4.78 is 0. The summed E-state index contributed by atoms with van der Waals surface area (Å²) in [6.45, 7) is 4.64. The number of ketones is 1. The molecule has 1 heterocycles. The molecule has 1 aliphatic heterocycles. The summed E-state index contributed by atoms with van der Waals surface area (Å²) in [5, 5.41) is 12.5. The zero-order valence-corrected chi connectivity index (χ0v) is 23.3. The number of nitrogens with zero attached hydrogens (tertiary/aromatic N) is 1. The third-order valence-electron chi connectivity index (χ3n) is 7.91. The van der Waals surface area contributed by atoms with Crippen LogP contribution < -0.4 is 5.19 Å². The number of aliphatic imine (C=N–C) groups is 1. The minimum atomic E-state index is -2.10. The molecule has 0 radical (unpaired) electrons. The quantitative estimate of drug-likeness (QED) is 0.134. The minimum Gasteiger partial charge on any atom is -0.508 e. The number of phenols is 1. The number of benzene rings is 1. The van der Waals surface area contributed by atoms with Gasteiger partial charge in [-0.2, -0.15) is 0 Å². The first kappa shape index (κ1) is 27.6. The second-order valence-corrected chi connectivity index (χ2v) is 15.1. The summed E-state index contributed by atoms with van der Waals surface area (Å²) in [6, 6.07) is 6.65. The third-order valence-corrected chi connectivity index (χ3v) is 12.4. The van der Waals surface area contributed by atoms with E-state index in [4.69, 9.17) is 4.99 Å². The Balaban J connectivity index is 1.32. The lowest BCUT2D eigenvalue weighted by Gasteiger charge is -2.36. The van der Waals surface area contributed by atoms with E-state index in [1.807, 2.05) is 24.3 Å². The number of carbonyl (C=O) groups is 1. The molecule has 0 spiro atoms. The lowest BCUT2D eigenvalue weighted by Crippen LogP contribution is -2.51. The molecular weight excluding hydrogens is 446 g/mol. The molecule has 1 N–H and O–H groups in total. The smallest absolute Gasteiger partial charge is 0.178 e. The number of phenolic OH excluding ortho intramolecular Hbond substituents is 1. The van der Waals surface area contributed by atoms with E-state index in [0.29, 0.717) is 5.75 Å². The molecule has 0 aromatic heterocycles. The summed E-state index contributed by atoms with van der Waals surface area (Å²) >= 11 is 0. The van der Waals surface area contributed by atoms with Gasteiger partial charge in [-0.25, -0.2) is 4.99 Å². The molecule has 0 amide bonds. The van der Waals surface area contributed by atoms with Crippen molar-refractivity contribution in [2.45, 2.75) is 122 Å². The van der Waals surface area contributed by atoms with Crippen LogP contribution >= 0.6 is 0 Å². The van der Waals surface area contributed by atoms with Crippen molar-refractivity contribution in [3.8, 4) is 5.75 Å². The van der Waals surface area contributed by atoms with Crippen molar-refractivity contribution in [3.63, 3.8) is 0 Å². The van der Waals surface area contributed by atoms with Crippen LogP contribution in [0.25, 0.3) is 0 Å². The number of aromatic hydroxyl groups is 1. The van der Waals surface area contributed by atoms with Gasteiger partial charge in [0.25, 0.3) is 0 Å². The zero-order valence-electron chi connectivity index (χ0n) is 22.3. The highest BCUT2D eigenvalue weighted by Gasteiger charge is 2.41. The minimum absolute atomic E-state index is 0.0632. The molecule has 1 aromatic carbocycles. The van der Waals surface area contributed by atoms with Gasteiger partial charge < -0.3 is 5.11 Å². The van der Waals surface area contributed by atoms with Crippen LogP contribution in [0.1, 0.15) is 110 Å². The molecule has 2 aliphatic rings. The first-order valence-electron chi connectivity index (χ1n) is 14.4. The number of fused-ring (bicyclic) bond motifs is 2. The predicted molar refractivity (Wildman–Crippen MR) is 153 cm³/mol. The van der Waals surface area contributed by atoms with E-state index in [1.165, 1.54) is 108 Å².